The maximum atomic E-state index is 12.5. The van der Waals surface area contributed by atoms with Gasteiger partial charge in [-0.3, -0.25) is 9.59 Å². The molecule has 0 unspecified atom stereocenters. The molecule has 0 atom stereocenters. The number of hydrogen-bond donors (Lipinski definition) is 2. The molecule has 2 aromatic carbocycles. The average molecular weight is 328 g/mol. The number of carbonyl (C=O) groups excluding carboxylic acids is 2. The number of rotatable bonds is 6. The lowest BCUT2D eigenvalue weighted by Crippen LogP contribution is -2.15. The van der Waals surface area contributed by atoms with Crippen LogP contribution in [0, 0.1) is 0 Å². The normalized spacial score (nSPS) is 10.6. The van der Waals surface area contributed by atoms with Gasteiger partial charge >= 0.3 is 0 Å². The summed E-state index contributed by atoms with van der Waals surface area (Å²) < 4.78 is 0. The van der Waals surface area contributed by atoms with Gasteiger partial charge in [-0.15, -0.1) is 11.8 Å². The first-order valence-corrected chi connectivity index (χ1v) is 8.37. The monoisotopic (exact) mass is 328 g/mol. The highest BCUT2D eigenvalue weighted by molar-refractivity contribution is 8.00. The number of amides is 2. The van der Waals surface area contributed by atoms with E-state index < -0.39 is 5.91 Å². The summed E-state index contributed by atoms with van der Waals surface area (Å²) in [5, 5.41) is 2.91. The van der Waals surface area contributed by atoms with E-state index in [0.29, 0.717) is 11.5 Å². The number of thioether (sulfide) groups is 1. The Morgan fingerprint density at radius 2 is 1.87 bits per heavy atom. The number of anilines is 1. The van der Waals surface area contributed by atoms with Gasteiger partial charge in [-0.05, 0) is 35.7 Å². The summed E-state index contributed by atoms with van der Waals surface area (Å²) in [5.41, 5.74) is 7.64. The minimum atomic E-state index is -0.408. The summed E-state index contributed by atoms with van der Waals surface area (Å²) in [4.78, 5) is 24.2. The Bertz CT molecular complexity index is 714. The largest absolute Gasteiger partial charge is 0.369 e. The van der Waals surface area contributed by atoms with Crippen LogP contribution in [0.4, 0.5) is 5.69 Å². The van der Waals surface area contributed by atoms with E-state index in [1.165, 1.54) is 17.3 Å². The van der Waals surface area contributed by atoms with Gasteiger partial charge in [0.2, 0.25) is 5.91 Å². The maximum absolute atomic E-state index is 12.5. The van der Waals surface area contributed by atoms with Crippen molar-refractivity contribution in [3.05, 3.63) is 59.7 Å². The van der Waals surface area contributed by atoms with Gasteiger partial charge in [0.05, 0.1) is 11.3 Å². The molecule has 2 aromatic rings. The Hall–Kier alpha value is -2.27. The molecule has 0 aliphatic rings. The Morgan fingerprint density at radius 3 is 2.57 bits per heavy atom. The van der Waals surface area contributed by atoms with Crippen LogP contribution in [0.15, 0.2) is 53.4 Å². The molecular formula is C18H20N2O2S. The molecule has 0 aromatic heterocycles. The van der Waals surface area contributed by atoms with Crippen molar-refractivity contribution in [2.45, 2.75) is 24.7 Å². The molecule has 3 N–H and O–H groups in total. The average Bonchev–Trinajstić information content (AvgIpc) is 2.53. The van der Waals surface area contributed by atoms with Gasteiger partial charge in [0.15, 0.2) is 0 Å². The lowest BCUT2D eigenvalue weighted by molar-refractivity contribution is -0.115. The van der Waals surface area contributed by atoms with Crippen molar-refractivity contribution in [2.75, 3.05) is 11.1 Å². The summed E-state index contributed by atoms with van der Waals surface area (Å²) in [6.45, 7) is 4.22. The molecule has 5 heteroatoms. The third kappa shape index (κ3) is 4.86. The standard InChI is InChI=1S/C18H20N2O2S/c1-12(2)13-6-5-7-14(10-13)20-18(22)15-8-3-4-9-16(15)23-11-17(19)21/h3-10,12H,11H2,1-2H3,(H2,19,21)(H,20,22). The first kappa shape index (κ1) is 17.1. The molecule has 0 fully saturated rings. The maximum Gasteiger partial charge on any atom is 0.256 e. The Labute approximate surface area is 140 Å². The van der Waals surface area contributed by atoms with Crippen LogP contribution in [-0.2, 0) is 4.79 Å². The van der Waals surface area contributed by atoms with Gasteiger partial charge in [-0.2, -0.15) is 0 Å². The van der Waals surface area contributed by atoms with Gasteiger partial charge in [0, 0.05) is 10.6 Å². The fourth-order valence-corrected chi connectivity index (χ4v) is 2.89. The highest BCUT2D eigenvalue weighted by Gasteiger charge is 2.12. The molecule has 2 rings (SSSR count). The summed E-state index contributed by atoms with van der Waals surface area (Å²) >= 11 is 1.27. The molecule has 2 amide bonds. The third-order valence-electron chi connectivity index (χ3n) is 3.31. The van der Waals surface area contributed by atoms with E-state index in [1.54, 1.807) is 12.1 Å². The van der Waals surface area contributed by atoms with E-state index in [9.17, 15) is 9.59 Å². The lowest BCUT2D eigenvalue weighted by atomic mass is 10.0. The Balaban J connectivity index is 2.17. The van der Waals surface area contributed by atoms with E-state index in [2.05, 4.69) is 19.2 Å². The Morgan fingerprint density at radius 1 is 1.13 bits per heavy atom. The zero-order valence-electron chi connectivity index (χ0n) is 13.2. The SMILES string of the molecule is CC(C)c1cccc(NC(=O)c2ccccc2SCC(N)=O)c1. The highest BCUT2D eigenvalue weighted by Crippen LogP contribution is 2.24. The molecule has 0 aliphatic heterocycles. The molecule has 23 heavy (non-hydrogen) atoms. The van der Waals surface area contributed by atoms with E-state index in [1.807, 2.05) is 36.4 Å². The van der Waals surface area contributed by atoms with Crippen LogP contribution in [0.1, 0.15) is 35.7 Å². The predicted molar refractivity (Wildman–Crippen MR) is 94.8 cm³/mol. The molecule has 0 heterocycles. The zero-order chi connectivity index (χ0) is 16.8. The van der Waals surface area contributed by atoms with Crippen LogP contribution in [0.25, 0.3) is 0 Å². The molecule has 0 saturated carbocycles. The van der Waals surface area contributed by atoms with E-state index in [-0.39, 0.29) is 11.7 Å². The number of primary amides is 1. The van der Waals surface area contributed by atoms with Crippen molar-refractivity contribution in [3.63, 3.8) is 0 Å². The van der Waals surface area contributed by atoms with Crippen molar-refractivity contribution in [1.29, 1.82) is 0 Å². The zero-order valence-corrected chi connectivity index (χ0v) is 14.0. The van der Waals surface area contributed by atoms with Crippen molar-refractivity contribution in [3.8, 4) is 0 Å². The van der Waals surface area contributed by atoms with Crippen LogP contribution < -0.4 is 11.1 Å². The van der Waals surface area contributed by atoms with Crippen LogP contribution in [0.2, 0.25) is 0 Å². The van der Waals surface area contributed by atoms with Crippen LogP contribution in [0.5, 0.6) is 0 Å². The fourth-order valence-electron chi connectivity index (χ4n) is 2.10. The number of carbonyl (C=O) groups is 2. The second kappa shape index (κ2) is 7.83. The van der Waals surface area contributed by atoms with Crippen LogP contribution in [-0.4, -0.2) is 17.6 Å². The van der Waals surface area contributed by atoms with Crippen molar-refractivity contribution in [1.82, 2.24) is 0 Å². The second-order valence-corrected chi connectivity index (χ2v) is 6.50. The van der Waals surface area contributed by atoms with Crippen molar-refractivity contribution < 1.29 is 9.59 Å². The van der Waals surface area contributed by atoms with Gasteiger partial charge in [-0.25, -0.2) is 0 Å². The minimum Gasteiger partial charge on any atom is -0.369 e. The molecule has 0 aliphatic carbocycles. The van der Waals surface area contributed by atoms with Gasteiger partial charge in [0.1, 0.15) is 0 Å². The number of nitrogens with two attached hydrogens (primary N) is 1. The molecule has 120 valence electrons. The topological polar surface area (TPSA) is 72.2 Å². The molecular weight excluding hydrogens is 308 g/mol. The number of nitrogens with one attached hydrogen (secondary N) is 1. The minimum absolute atomic E-state index is 0.146. The second-order valence-electron chi connectivity index (χ2n) is 5.49. The summed E-state index contributed by atoms with van der Waals surface area (Å²) in [5.74, 6) is -0.0637. The van der Waals surface area contributed by atoms with E-state index >= 15 is 0 Å². The van der Waals surface area contributed by atoms with Crippen LogP contribution in [0.3, 0.4) is 0 Å². The van der Waals surface area contributed by atoms with Crippen molar-refractivity contribution >= 4 is 29.3 Å². The Kier molecular flexibility index (Phi) is 5.82. The first-order valence-electron chi connectivity index (χ1n) is 7.39. The van der Waals surface area contributed by atoms with Gasteiger partial charge in [-0.1, -0.05) is 38.1 Å². The smallest absolute Gasteiger partial charge is 0.256 e. The van der Waals surface area contributed by atoms with E-state index in [0.717, 1.165) is 10.6 Å². The molecule has 0 radical (unpaired) electrons. The fraction of sp³-hybridized carbons (Fsp3) is 0.222. The quantitative estimate of drug-likeness (QED) is 0.795. The molecule has 4 nitrogen and oxygen atoms in total. The molecule has 0 bridgehead atoms. The van der Waals surface area contributed by atoms with Crippen LogP contribution >= 0.6 is 11.8 Å². The van der Waals surface area contributed by atoms with Gasteiger partial charge in [0.25, 0.3) is 5.91 Å². The van der Waals surface area contributed by atoms with E-state index in [4.69, 9.17) is 5.73 Å². The highest BCUT2D eigenvalue weighted by atomic mass is 32.2. The third-order valence-corrected chi connectivity index (χ3v) is 4.41. The molecule has 0 spiro atoms. The molecule has 0 saturated heterocycles. The summed E-state index contributed by atoms with van der Waals surface area (Å²) in [6, 6.07) is 15.0. The lowest BCUT2D eigenvalue weighted by Gasteiger charge is -2.11. The van der Waals surface area contributed by atoms with Crippen molar-refractivity contribution in [2.24, 2.45) is 5.73 Å². The summed E-state index contributed by atoms with van der Waals surface area (Å²) in [6.07, 6.45) is 0. The first-order chi connectivity index (χ1) is 11.0. The van der Waals surface area contributed by atoms with Gasteiger partial charge < -0.3 is 11.1 Å². The number of hydrogen-bond acceptors (Lipinski definition) is 3. The summed E-state index contributed by atoms with van der Waals surface area (Å²) in [7, 11) is 0. The predicted octanol–water partition coefficient (Wildman–Crippen LogP) is 3.64. The number of benzene rings is 2.